The summed E-state index contributed by atoms with van der Waals surface area (Å²) in [7, 11) is 0. The SMILES string of the molecule is CCC(=O)CNC1CCN(C(C)C)CC1. The Labute approximate surface area is 93.2 Å². The van der Waals surface area contributed by atoms with Gasteiger partial charge in [0.05, 0.1) is 6.54 Å². The zero-order valence-corrected chi connectivity index (χ0v) is 10.3. The van der Waals surface area contributed by atoms with Gasteiger partial charge in [0, 0.05) is 18.5 Å². The molecule has 0 saturated carbocycles. The molecule has 0 unspecified atom stereocenters. The van der Waals surface area contributed by atoms with Crippen LogP contribution in [0.2, 0.25) is 0 Å². The van der Waals surface area contributed by atoms with E-state index < -0.39 is 0 Å². The largest absolute Gasteiger partial charge is 0.307 e. The molecule has 0 aliphatic carbocycles. The van der Waals surface area contributed by atoms with Crippen molar-refractivity contribution in [3.8, 4) is 0 Å². The Hall–Kier alpha value is -0.410. The zero-order chi connectivity index (χ0) is 11.3. The summed E-state index contributed by atoms with van der Waals surface area (Å²) in [6.07, 6.45) is 3.00. The molecule has 1 heterocycles. The van der Waals surface area contributed by atoms with E-state index in [1.54, 1.807) is 0 Å². The molecule has 1 saturated heterocycles. The maximum atomic E-state index is 11.2. The molecule has 0 aromatic rings. The van der Waals surface area contributed by atoms with E-state index in [4.69, 9.17) is 0 Å². The van der Waals surface area contributed by atoms with Crippen LogP contribution in [0.15, 0.2) is 0 Å². The molecular weight excluding hydrogens is 188 g/mol. The number of nitrogens with one attached hydrogen (secondary N) is 1. The molecule has 3 heteroatoms. The highest BCUT2D eigenvalue weighted by atomic mass is 16.1. The molecular formula is C12H24N2O. The Bertz CT molecular complexity index is 196. The lowest BCUT2D eigenvalue weighted by Gasteiger charge is -2.34. The van der Waals surface area contributed by atoms with Crippen LogP contribution in [0.25, 0.3) is 0 Å². The van der Waals surface area contributed by atoms with Crippen LogP contribution < -0.4 is 5.32 Å². The molecule has 0 aromatic heterocycles. The van der Waals surface area contributed by atoms with E-state index in [0.29, 0.717) is 30.8 Å². The summed E-state index contributed by atoms with van der Waals surface area (Å²) in [5.41, 5.74) is 0. The van der Waals surface area contributed by atoms with Gasteiger partial charge in [0.2, 0.25) is 0 Å². The Morgan fingerprint density at radius 1 is 1.40 bits per heavy atom. The molecule has 0 aromatic carbocycles. The van der Waals surface area contributed by atoms with Crippen LogP contribution >= 0.6 is 0 Å². The highest BCUT2D eigenvalue weighted by molar-refractivity contribution is 5.80. The number of carbonyl (C=O) groups excluding carboxylic acids is 1. The van der Waals surface area contributed by atoms with Gasteiger partial charge in [-0.2, -0.15) is 0 Å². The molecule has 0 bridgehead atoms. The summed E-state index contributed by atoms with van der Waals surface area (Å²) >= 11 is 0. The maximum Gasteiger partial charge on any atom is 0.146 e. The Kier molecular flexibility index (Phi) is 5.26. The molecule has 15 heavy (non-hydrogen) atoms. The quantitative estimate of drug-likeness (QED) is 0.748. The normalized spacial score (nSPS) is 19.7. The summed E-state index contributed by atoms with van der Waals surface area (Å²) in [4.78, 5) is 13.7. The molecule has 1 N–H and O–H groups in total. The minimum atomic E-state index is 0.321. The number of likely N-dealkylation sites (tertiary alicyclic amines) is 1. The minimum Gasteiger partial charge on any atom is -0.307 e. The molecule has 0 atom stereocenters. The van der Waals surface area contributed by atoms with Crippen LogP contribution in [0.5, 0.6) is 0 Å². The van der Waals surface area contributed by atoms with Crippen LogP contribution in [0, 0.1) is 0 Å². The van der Waals surface area contributed by atoms with Crippen molar-refractivity contribution >= 4 is 5.78 Å². The van der Waals surface area contributed by atoms with Crippen molar-refractivity contribution in [1.82, 2.24) is 10.2 Å². The van der Waals surface area contributed by atoms with E-state index in [0.717, 1.165) is 13.1 Å². The van der Waals surface area contributed by atoms with E-state index in [-0.39, 0.29) is 0 Å². The molecule has 1 aliphatic heterocycles. The van der Waals surface area contributed by atoms with Crippen molar-refractivity contribution in [2.75, 3.05) is 19.6 Å². The number of nitrogens with zero attached hydrogens (tertiary/aromatic N) is 1. The maximum absolute atomic E-state index is 11.2. The van der Waals surface area contributed by atoms with Crippen molar-refractivity contribution in [2.24, 2.45) is 0 Å². The monoisotopic (exact) mass is 212 g/mol. The number of hydrogen-bond donors (Lipinski definition) is 1. The third-order valence-corrected chi connectivity index (χ3v) is 3.24. The van der Waals surface area contributed by atoms with Gasteiger partial charge < -0.3 is 10.2 Å². The number of Topliss-reactive ketones (excluding diaryl/α,β-unsaturated/α-hetero) is 1. The number of carbonyl (C=O) groups is 1. The van der Waals surface area contributed by atoms with Gasteiger partial charge in [0.1, 0.15) is 5.78 Å². The molecule has 1 rings (SSSR count). The fourth-order valence-electron chi connectivity index (χ4n) is 2.00. The smallest absolute Gasteiger partial charge is 0.146 e. The zero-order valence-electron chi connectivity index (χ0n) is 10.3. The lowest BCUT2D eigenvalue weighted by molar-refractivity contribution is -0.118. The first-order valence-electron chi connectivity index (χ1n) is 6.12. The van der Waals surface area contributed by atoms with Crippen molar-refractivity contribution in [3.63, 3.8) is 0 Å². The predicted molar refractivity (Wildman–Crippen MR) is 63.0 cm³/mol. The summed E-state index contributed by atoms with van der Waals surface area (Å²) in [6.45, 7) is 9.29. The van der Waals surface area contributed by atoms with E-state index in [2.05, 4.69) is 24.1 Å². The van der Waals surface area contributed by atoms with Gasteiger partial charge in [0.25, 0.3) is 0 Å². The number of piperidine rings is 1. The second-order valence-corrected chi connectivity index (χ2v) is 4.68. The first-order valence-corrected chi connectivity index (χ1v) is 6.12. The topological polar surface area (TPSA) is 32.3 Å². The van der Waals surface area contributed by atoms with Crippen LogP contribution in [0.3, 0.4) is 0 Å². The highest BCUT2D eigenvalue weighted by Gasteiger charge is 2.20. The second-order valence-electron chi connectivity index (χ2n) is 4.68. The minimum absolute atomic E-state index is 0.321. The number of hydrogen-bond acceptors (Lipinski definition) is 3. The van der Waals surface area contributed by atoms with Gasteiger partial charge in [-0.15, -0.1) is 0 Å². The van der Waals surface area contributed by atoms with E-state index in [9.17, 15) is 4.79 Å². The molecule has 0 radical (unpaired) electrons. The second kappa shape index (κ2) is 6.23. The molecule has 3 nitrogen and oxygen atoms in total. The number of rotatable bonds is 5. The molecule has 1 fully saturated rings. The molecule has 1 aliphatic rings. The van der Waals surface area contributed by atoms with Gasteiger partial charge in [0.15, 0.2) is 0 Å². The average molecular weight is 212 g/mol. The van der Waals surface area contributed by atoms with Gasteiger partial charge in [-0.05, 0) is 39.8 Å². The van der Waals surface area contributed by atoms with E-state index in [1.165, 1.54) is 12.8 Å². The van der Waals surface area contributed by atoms with Gasteiger partial charge in [-0.25, -0.2) is 0 Å². The highest BCUT2D eigenvalue weighted by Crippen LogP contribution is 2.12. The van der Waals surface area contributed by atoms with Crippen LogP contribution in [-0.2, 0) is 4.79 Å². The van der Waals surface area contributed by atoms with E-state index in [1.807, 2.05) is 6.92 Å². The van der Waals surface area contributed by atoms with Crippen molar-refractivity contribution in [1.29, 1.82) is 0 Å². The summed E-state index contributed by atoms with van der Waals surface area (Å²) < 4.78 is 0. The Morgan fingerprint density at radius 3 is 2.47 bits per heavy atom. The van der Waals surface area contributed by atoms with Gasteiger partial charge in [-0.1, -0.05) is 6.92 Å². The lowest BCUT2D eigenvalue weighted by atomic mass is 10.0. The molecule has 0 amide bonds. The predicted octanol–water partition coefficient (Wildman–Crippen LogP) is 1.43. The average Bonchev–Trinajstić information content (AvgIpc) is 2.26. The van der Waals surface area contributed by atoms with Crippen LogP contribution in [0.4, 0.5) is 0 Å². The first-order chi connectivity index (χ1) is 7.13. The van der Waals surface area contributed by atoms with Gasteiger partial charge in [-0.3, -0.25) is 4.79 Å². The summed E-state index contributed by atoms with van der Waals surface area (Å²) in [5, 5.41) is 3.36. The third kappa shape index (κ3) is 4.31. The third-order valence-electron chi connectivity index (χ3n) is 3.24. The fraction of sp³-hybridized carbons (Fsp3) is 0.917. The molecule has 88 valence electrons. The lowest BCUT2D eigenvalue weighted by Crippen LogP contribution is -2.46. The first kappa shape index (κ1) is 12.7. The summed E-state index contributed by atoms with van der Waals surface area (Å²) in [5.74, 6) is 0.321. The number of ketones is 1. The van der Waals surface area contributed by atoms with Crippen molar-refractivity contribution < 1.29 is 4.79 Å². The van der Waals surface area contributed by atoms with Crippen LogP contribution in [-0.4, -0.2) is 42.4 Å². The van der Waals surface area contributed by atoms with Gasteiger partial charge >= 0.3 is 0 Å². The fourth-order valence-corrected chi connectivity index (χ4v) is 2.00. The summed E-state index contributed by atoms with van der Waals surface area (Å²) in [6, 6.07) is 1.21. The standard InChI is InChI=1S/C12H24N2O/c1-4-12(15)9-13-11-5-7-14(8-6-11)10(2)3/h10-11,13H,4-9H2,1-3H3. The Morgan fingerprint density at radius 2 is 2.00 bits per heavy atom. The Balaban J connectivity index is 2.17. The van der Waals surface area contributed by atoms with Crippen molar-refractivity contribution in [3.05, 3.63) is 0 Å². The van der Waals surface area contributed by atoms with Crippen molar-refractivity contribution in [2.45, 2.75) is 52.1 Å². The van der Waals surface area contributed by atoms with E-state index >= 15 is 0 Å². The van der Waals surface area contributed by atoms with Crippen LogP contribution in [0.1, 0.15) is 40.0 Å². The molecule has 0 spiro atoms.